The van der Waals surface area contributed by atoms with Crippen molar-refractivity contribution in [1.82, 2.24) is 10.6 Å². The molecule has 22 heavy (non-hydrogen) atoms. The average Bonchev–Trinajstić information content (AvgIpc) is 2.88. The molecule has 3 N–H and O–H groups in total. The number of para-hydroxylation sites is 1. The van der Waals surface area contributed by atoms with E-state index >= 15 is 0 Å². The lowest BCUT2D eigenvalue weighted by molar-refractivity contribution is -0.117. The number of nitrogens with one attached hydrogen (secondary N) is 2. The minimum absolute atomic E-state index is 0.00257. The predicted octanol–water partition coefficient (Wildman–Crippen LogP) is 0.100. The van der Waals surface area contributed by atoms with Crippen LogP contribution in [0.1, 0.15) is 6.42 Å². The summed E-state index contributed by atoms with van der Waals surface area (Å²) < 4.78 is 5.04. The van der Waals surface area contributed by atoms with Crippen molar-refractivity contribution in [3.8, 4) is 0 Å². The van der Waals surface area contributed by atoms with Crippen LogP contribution in [0.3, 0.4) is 0 Å². The monoisotopic (exact) mass is 307 g/mol. The molecule has 3 amide bonds. The lowest BCUT2D eigenvalue weighted by Crippen LogP contribution is -2.44. The van der Waals surface area contributed by atoms with Crippen LogP contribution in [-0.4, -0.2) is 56.0 Å². The second kappa shape index (κ2) is 8.35. The number of urea groups is 1. The fourth-order valence-corrected chi connectivity index (χ4v) is 2.30. The number of aliphatic hydroxyl groups excluding tert-OH is 1. The molecule has 0 aliphatic carbocycles. The molecule has 2 rings (SSSR count). The van der Waals surface area contributed by atoms with Crippen molar-refractivity contribution in [2.75, 3.05) is 37.8 Å². The van der Waals surface area contributed by atoms with E-state index < -0.39 is 0 Å². The Morgan fingerprint density at radius 2 is 2.09 bits per heavy atom. The van der Waals surface area contributed by atoms with E-state index in [4.69, 9.17) is 9.84 Å². The topological polar surface area (TPSA) is 90.9 Å². The average molecular weight is 307 g/mol. The molecule has 0 saturated carbocycles. The molecule has 0 spiro atoms. The normalized spacial score (nSPS) is 17.6. The van der Waals surface area contributed by atoms with Crippen LogP contribution in [0.5, 0.6) is 0 Å². The molecule has 7 nitrogen and oxygen atoms in total. The lowest BCUT2D eigenvalue weighted by atomic mass is 10.2. The van der Waals surface area contributed by atoms with Crippen LogP contribution in [0.2, 0.25) is 0 Å². The highest BCUT2D eigenvalue weighted by Crippen LogP contribution is 2.20. The summed E-state index contributed by atoms with van der Waals surface area (Å²) in [6.07, 6.45) is 0.295. The Morgan fingerprint density at radius 3 is 2.82 bits per heavy atom. The zero-order valence-corrected chi connectivity index (χ0v) is 12.3. The summed E-state index contributed by atoms with van der Waals surface area (Å²) in [7, 11) is 0. The molecule has 0 unspecified atom stereocenters. The van der Waals surface area contributed by atoms with Crippen molar-refractivity contribution in [1.29, 1.82) is 0 Å². The summed E-state index contributed by atoms with van der Waals surface area (Å²) in [4.78, 5) is 25.4. The number of ether oxygens (including phenoxy) is 1. The number of carbonyl (C=O) groups is 2. The molecule has 1 aromatic carbocycles. The molecule has 1 saturated heterocycles. The maximum absolute atomic E-state index is 12.0. The van der Waals surface area contributed by atoms with Gasteiger partial charge < -0.3 is 25.4 Å². The van der Waals surface area contributed by atoms with Gasteiger partial charge in [0, 0.05) is 25.2 Å². The Morgan fingerprint density at radius 1 is 1.32 bits per heavy atom. The van der Waals surface area contributed by atoms with Crippen LogP contribution in [0.15, 0.2) is 30.3 Å². The predicted molar refractivity (Wildman–Crippen MR) is 81.6 cm³/mol. The first kappa shape index (κ1) is 16.3. The van der Waals surface area contributed by atoms with Gasteiger partial charge in [0.15, 0.2) is 0 Å². The molecule has 1 aromatic rings. The van der Waals surface area contributed by atoms with Crippen LogP contribution < -0.4 is 15.5 Å². The molecule has 7 heteroatoms. The third-order valence-electron chi connectivity index (χ3n) is 3.30. The summed E-state index contributed by atoms with van der Waals surface area (Å²) >= 11 is 0. The summed E-state index contributed by atoms with van der Waals surface area (Å²) in [5, 5.41) is 14.0. The summed E-state index contributed by atoms with van der Waals surface area (Å²) in [5.41, 5.74) is 0.842. The molecule has 1 atom stereocenters. The quantitative estimate of drug-likeness (QED) is 0.623. The van der Waals surface area contributed by atoms with Crippen molar-refractivity contribution >= 4 is 17.6 Å². The van der Waals surface area contributed by atoms with Gasteiger partial charge in [-0.25, -0.2) is 4.79 Å². The number of carbonyl (C=O) groups excluding carboxylic acids is 2. The summed E-state index contributed by atoms with van der Waals surface area (Å²) in [6, 6.07) is 8.88. The molecule has 1 heterocycles. The molecule has 1 fully saturated rings. The van der Waals surface area contributed by atoms with Gasteiger partial charge in [-0.2, -0.15) is 0 Å². The van der Waals surface area contributed by atoms with E-state index in [9.17, 15) is 9.59 Å². The second-order valence-electron chi connectivity index (χ2n) is 4.98. The van der Waals surface area contributed by atoms with Gasteiger partial charge in [-0.3, -0.25) is 4.79 Å². The zero-order valence-electron chi connectivity index (χ0n) is 12.3. The highest BCUT2D eigenvalue weighted by molar-refractivity contribution is 5.96. The first-order valence-electron chi connectivity index (χ1n) is 7.29. The van der Waals surface area contributed by atoms with Crippen molar-refractivity contribution in [2.24, 2.45) is 0 Å². The van der Waals surface area contributed by atoms with Crippen LogP contribution in [0.25, 0.3) is 0 Å². The maximum atomic E-state index is 12.0. The summed E-state index contributed by atoms with van der Waals surface area (Å²) in [6.45, 7) is 1.39. The molecule has 1 aliphatic rings. The van der Waals surface area contributed by atoms with E-state index in [0.717, 1.165) is 5.69 Å². The van der Waals surface area contributed by atoms with E-state index in [1.54, 1.807) is 4.90 Å². The van der Waals surface area contributed by atoms with Crippen molar-refractivity contribution < 1.29 is 19.4 Å². The van der Waals surface area contributed by atoms with E-state index in [1.807, 2.05) is 30.3 Å². The molecule has 0 aromatic heterocycles. The number of rotatable bonds is 7. The number of hydrogen-bond donors (Lipinski definition) is 3. The van der Waals surface area contributed by atoms with Gasteiger partial charge in [-0.15, -0.1) is 0 Å². The fourth-order valence-electron chi connectivity index (χ4n) is 2.30. The standard InChI is InChI=1S/C15H21N3O4/c19-7-9-22-8-6-16-15(21)17-12-10-14(20)18(11-12)13-4-2-1-3-5-13/h1-5,12,19H,6-11H2,(H2,16,17,21)/t12-/m0/s1. The second-order valence-corrected chi connectivity index (χ2v) is 4.98. The minimum Gasteiger partial charge on any atom is -0.394 e. The number of nitrogens with zero attached hydrogens (tertiary/aromatic N) is 1. The van der Waals surface area contributed by atoms with E-state index in [1.165, 1.54) is 0 Å². The van der Waals surface area contributed by atoms with Crippen molar-refractivity contribution in [3.63, 3.8) is 0 Å². The Labute approximate surface area is 129 Å². The Hall–Kier alpha value is -2.12. The van der Waals surface area contributed by atoms with Gasteiger partial charge >= 0.3 is 6.03 Å². The molecular formula is C15H21N3O4. The fraction of sp³-hybridized carbons (Fsp3) is 0.467. The number of benzene rings is 1. The van der Waals surface area contributed by atoms with Gasteiger partial charge in [0.25, 0.3) is 0 Å². The third-order valence-corrected chi connectivity index (χ3v) is 3.30. The van der Waals surface area contributed by atoms with Crippen molar-refractivity contribution in [3.05, 3.63) is 30.3 Å². The van der Waals surface area contributed by atoms with Crippen LogP contribution in [0.4, 0.5) is 10.5 Å². The highest BCUT2D eigenvalue weighted by Gasteiger charge is 2.31. The largest absolute Gasteiger partial charge is 0.394 e. The molecule has 0 bridgehead atoms. The van der Waals surface area contributed by atoms with Crippen LogP contribution >= 0.6 is 0 Å². The molecular weight excluding hydrogens is 286 g/mol. The zero-order chi connectivity index (χ0) is 15.8. The van der Waals surface area contributed by atoms with Gasteiger partial charge in [0.1, 0.15) is 0 Å². The number of hydrogen-bond acceptors (Lipinski definition) is 4. The maximum Gasteiger partial charge on any atom is 0.315 e. The van der Waals surface area contributed by atoms with Gasteiger partial charge in [-0.05, 0) is 12.1 Å². The van der Waals surface area contributed by atoms with Crippen LogP contribution in [-0.2, 0) is 9.53 Å². The smallest absolute Gasteiger partial charge is 0.315 e. The Kier molecular flexibility index (Phi) is 6.17. The lowest BCUT2D eigenvalue weighted by Gasteiger charge is -2.17. The number of anilines is 1. The first-order valence-corrected chi connectivity index (χ1v) is 7.29. The van der Waals surface area contributed by atoms with Gasteiger partial charge in [0.05, 0.1) is 25.9 Å². The van der Waals surface area contributed by atoms with Crippen molar-refractivity contribution in [2.45, 2.75) is 12.5 Å². The summed E-state index contributed by atoms with van der Waals surface area (Å²) in [5.74, 6) is 0.00257. The number of amides is 3. The molecule has 120 valence electrons. The molecule has 1 aliphatic heterocycles. The minimum atomic E-state index is -0.319. The Balaban J connectivity index is 1.73. The first-order chi connectivity index (χ1) is 10.7. The van der Waals surface area contributed by atoms with E-state index in [-0.39, 0.29) is 31.2 Å². The highest BCUT2D eigenvalue weighted by atomic mass is 16.5. The van der Waals surface area contributed by atoms with Gasteiger partial charge in [0.2, 0.25) is 5.91 Å². The van der Waals surface area contributed by atoms with Crippen LogP contribution in [0, 0.1) is 0 Å². The SMILES string of the molecule is O=C(NCCOCCO)N[C@H]1CC(=O)N(c2ccccc2)C1. The van der Waals surface area contributed by atoms with E-state index in [2.05, 4.69) is 10.6 Å². The third kappa shape index (κ3) is 4.71. The molecule has 0 radical (unpaired) electrons. The van der Waals surface area contributed by atoms with Gasteiger partial charge in [-0.1, -0.05) is 18.2 Å². The number of aliphatic hydroxyl groups is 1. The van der Waals surface area contributed by atoms with E-state index in [0.29, 0.717) is 26.1 Å². The Bertz CT molecular complexity index is 495.